The number of para-hydroxylation sites is 1. The van der Waals surface area contributed by atoms with Crippen molar-refractivity contribution >= 4 is 11.6 Å². The molecule has 6 heteroatoms. The van der Waals surface area contributed by atoms with Crippen LogP contribution in [0.4, 0.5) is 0 Å². The number of hydrogen-bond acceptors (Lipinski definition) is 5. The third kappa shape index (κ3) is 3.34. The molecular weight excluding hydrogens is 352 g/mol. The maximum absolute atomic E-state index is 6.17. The van der Waals surface area contributed by atoms with Gasteiger partial charge >= 0.3 is 0 Å². The van der Waals surface area contributed by atoms with E-state index in [4.69, 9.17) is 25.3 Å². The fourth-order valence-electron chi connectivity index (χ4n) is 2.54. The Morgan fingerprint density at radius 1 is 1.00 bits per heavy atom. The first kappa shape index (κ1) is 16.4. The summed E-state index contributed by atoms with van der Waals surface area (Å²) in [6, 6.07) is 18.8. The Kier molecular flexibility index (Phi) is 4.46. The van der Waals surface area contributed by atoms with E-state index in [-0.39, 0.29) is 6.61 Å². The minimum absolute atomic E-state index is 0.254. The largest absolute Gasteiger partial charge is 0.484 e. The number of hydrogen-bond donors (Lipinski definition) is 0. The van der Waals surface area contributed by atoms with Crippen molar-refractivity contribution in [1.82, 2.24) is 10.1 Å². The Balaban J connectivity index is 1.49. The van der Waals surface area contributed by atoms with Gasteiger partial charge < -0.3 is 13.7 Å². The Morgan fingerprint density at radius 2 is 1.85 bits per heavy atom. The van der Waals surface area contributed by atoms with Gasteiger partial charge in [0.2, 0.25) is 5.82 Å². The van der Waals surface area contributed by atoms with Gasteiger partial charge in [0.05, 0.1) is 5.02 Å². The first-order valence-electron chi connectivity index (χ1n) is 8.07. The number of nitrogens with zero attached hydrogens (tertiary/aromatic N) is 2. The van der Waals surface area contributed by atoms with E-state index >= 15 is 0 Å². The van der Waals surface area contributed by atoms with Crippen LogP contribution in [0, 0.1) is 6.92 Å². The standard InChI is InChI=1S/C20H15ClN2O3/c1-13-6-5-9-16(21)18(13)24-12-15-10-11-17(25-15)20-22-19(23-26-20)14-7-3-2-4-8-14/h2-11H,12H2,1H3. The number of furan rings is 1. The van der Waals surface area contributed by atoms with Crippen molar-refractivity contribution in [1.29, 1.82) is 0 Å². The summed E-state index contributed by atoms with van der Waals surface area (Å²) >= 11 is 6.17. The number of aromatic nitrogens is 2. The lowest BCUT2D eigenvalue weighted by Crippen LogP contribution is -1.96. The minimum Gasteiger partial charge on any atom is -0.484 e. The van der Waals surface area contributed by atoms with Crippen LogP contribution in [0.3, 0.4) is 0 Å². The lowest BCUT2D eigenvalue weighted by atomic mass is 10.2. The van der Waals surface area contributed by atoms with Gasteiger partial charge in [-0.3, -0.25) is 0 Å². The summed E-state index contributed by atoms with van der Waals surface area (Å²) in [5.41, 5.74) is 1.85. The Hall–Kier alpha value is -3.05. The predicted molar refractivity (Wildman–Crippen MR) is 98.0 cm³/mol. The highest BCUT2D eigenvalue weighted by Crippen LogP contribution is 2.29. The molecule has 2 heterocycles. The van der Waals surface area contributed by atoms with E-state index in [1.807, 2.05) is 55.5 Å². The molecule has 0 amide bonds. The molecule has 2 aromatic carbocycles. The predicted octanol–water partition coefficient (Wildman–Crippen LogP) is 5.54. The molecule has 0 fully saturated rings. The molecule has 4 aromatic rings. The monoisotopic (exact) mass is 366 g/mol. The van der Waals surface area contributed by atoms with Crippen molar-refractivity contribution in [3.05, 3.63) is 77.0 Å². The van der Waals surface area contributed by atoms with Crippen LogP contribution in [0.25, 0.3) is 23.0 Å². The fraction of sp³-hybridized carbons (Fsp3) is 0.100. The van der Waals surface area contributed by atoms with Gasteiger partial charge in [-0.05, 0) is 30.7 Å². The van der Waals surface area contributed by atoms with Gasteiger partial charge in [-0.1, -0.05) is 59.2 Å². The molecule has 0 saturated heterocycles. The smallest absolute Gasteiger partial charge is 0.293 e. The van der Waals surface area contributed by atoms with Crippen molar-refractivity contribution < 1.29 is 13.7 Å². The summed E-state index contributed by atoms with van der Waals surface area (Å²) in [6.45, 7) is 2.20. The molecule has 5 nitrogen and oxygen atoms in total. The molecule has 26 heavy (non-hydrogen) atoms. The SMILES string of the molecule is Cc1cccc(Cl)c1OCc1ccc(-c2nc(-c3ccccc3)no2)o1. The normalized spacial score (nSPS) is 10.8. The highest BCUT2D eigenvalue weighted by molar-refractivity contribution is 6.32. The molecule has 0 spiro atoms. The van der Waals surface area contributed by atoms with Gasteiger partial charge in [0, 0.05) is 5.56 Å². The molecule has 0 unspecified atom stereocenters. The molecular formula is C20H15ClN2O3. The van der Waals surface area contributed by atoms with Crippen LogP contribution in [0.1, 0.15) is 11.3 Å². The number of ether oxygens (including phenoxy) is 1. The van der Waals surface area contributed by atoms with E-state index in [9.17, 15) is 0 Å². The summed E-state index contributed by atoms with van der Waals surface area (Å²) in [6.07, 6.45) is 0. The van der Waals surface area contributed by atoms with Gasteiger partial charge in [-0.2, -0.15) is 4.98 Å². The highest BCUT2D eigenvalue weighted by atomic mass is 35.5. The Morgan fingerprint density at radius 3 is 2.65 bits per heavy atom. The lowest BCUT2D eigenvalue weighted by Gasteiger charge is -2.09. The van der Waals surface area contributed by atoms with Crippen LogP contribution < -0.4 is 4.74 Å². The van der Waals surface area contributed by atoms with E-state index in [0.29, 0.717) is 34.0 Å². The maximum Gasteiger partial charge on any atom is 0.293 e. The van der Waals surface area contributed by atoms with Crippen LogP contribution in [0.5, 0.6) is 5.75 Å². The lowest BCUT2D eigenvalue weighted by molar-refractivity contribution is 0.269. The van der Waals surface area contributed by atoms with Crippen LogP contribution >= 0.6 is 11.6 Å². The highest BCUT2D eigenvalue weighted by Gasteiger charge is 2.15. The fourth-order valence-corrected chi connectivity index (χ4v) is 2.82. The van der Waals surface area contributed by atoms with Crippen LogP contribution in [-0.4, -0.2) is 10.1 Å². The average Bonchev–Trinajstić information content (AvgIpc) is 3.31. The van der Waals surface area contributed by atoms with Gasteiger partial charge in [-0.15, -0.1) is 0 Å². The third-order valence-electron chi connectivity index (χ3n) is 3.85. The first-order valence-corrected chi connectivity index (χ1v) is 8.44. The van der Waals surface area contributed by atoms with E-state index < -0.39 is 0 Å². The molecule has 0 aliphatic rings. The van der Waals surface area contributed by atoms with Crippen molar-refractivity contribution in [2.24, 2.45) is 0 Å². The van der Waals surface area contributed by atoms with Crippen molar-refractivity contribution in [3.8, 4) is 28.8 Å². The molecule has 0 radical (unpaired) electrons. The van der Waals surface area contributed by atoms with E-state index in [0.717, 1.165) is 11.1 Å². The molecule has 0 aliphatic heterocycles. The van der Waals surface area contributed by atoms with Gasteiger partial charge in [0.15, 0.2) is 5.76 Å². The second-order valence-corrected chi connectivity index (χ2v) is 6.14. The Labute approximate surface area is 155 Å². The molecule has 0 bridgehead atoms. The summed E-state index contributed by atoms with van der Waals surface area (Å²) < 4.78 is 16.8. The second kappa shape index (κ2) is 7.06. The maximum atomic E-state index is 6.17. The summed E-state index contributed by atoms with van der Waals surface area (Å²) in [5, 5.41) is 4.56. The van der Waals surface area contributed by atoms with Gasteiger partial charge in [0.25, 0.3) is 5.89 Å². The molecule has 4 rings (SSSR count). The topological polar surface area (TPSA) is 61.3 Å². The molecule has 2 aromatic heterocycles. The number of benzene rings is 2. The van der Waals surface area contributed by atoms with Gasteiger partial charge in [0.1, 0.15) is 18.1 Å². The second-order valence-electron chi connectivity index (χ2n) is 5.73. The number of aryl methyl sites for hydroxylation is 1. The van der Waals surface area contributed by atoms with Crippen molar-refractivity contribution in [3.63, 3.8) is 0 Å². The van der Waals surface area contributed by atoms with Crippen LogP contribution in [-0.2, 0) is 6.61 Å². The van der Waals surface area contributed by atoms with E-state index in [1.54, 1.807) is 12.1 Å². The number of halogens is 1. The number of rotatable bonds is 5. The summed E-state index contributed by atoms with van der Waals surface area (Å²) in [5.74, 6) is 2.62. The quantitative estimate of drug-likeness (QED) is 0.464. The molecule has 130 valence electrons. The van der Waals surface area contributed by atoms with Gasteiger partial charge in [-0.25, -0.2) is 0 Å². The molecule has 0 atom stereocenters. The molecule has 0 aliphatic carbocycles. The molecule has 0 saturated carbocycles. The Bertz CT molecular complexity index is 1000. The average molecular weight is 367 g/mol. The third-order valence-corrected chi connectivity index (χ3v) is 4.15. The summed E-state index contributed by atoms with van der Waals surface area (Å²) in [4.78, 5) is 4.38. The zero-order valence-electron chi connectivity index (χ0n) is 14.0. The van der Waals surface area contributed by atoms with E-state index in [2.05, 4.69) is 10.1 Å². The van der Waals surface area contributed by atoms with Crippen LogP contribution in [0.2, 0.25) is 5.02 Å². The zero-order chi connectivity index (χ0) is 17.9. The molecule has 0 N–H and O–H groups in total. The summed E-state index contributed by atoms with van der Waals surface area (Å²) in [7, 11) is 0. The van der Waals surface area contributed by atoms with Crippen molar-refractivity contribution in [2.75, 3.05) is 0 Å². The minimum atomic E-state index is 0.254. The van der Waals surface area contributed by atoms with E-state index in [1.165, 1.54) is 0 Å². The van der Waals surface area contributed by atoms with Crippen LogP contribution in [0.15, 0.2) is 69.6 Å². The zero-order valence-corrected chi connectivity index (χ0v) is 14.7. The van der Waals surface area contributed by atoms with Crippen molar-refractivity contribution in [2.45, 2.75) is 13.5 Å². The first-order chi connectivity index (χ1) is 12.7.